The van der Waals surface area contributed by atoms with Crippen molar-refractivity contribution in [2.24, 2.45) is 5.73 Å². The SMILES string of the molecule is N#CCc1ccc(C#CCC(N)=O)cc1F. The number of primary amides is 1. The summed E-state index contributed by atoms with van der Waals surface area (Å²) in [5, 5.41) is 8.42. The molecule has 0 aromatic heterocycles. The first-order valence-electron chi connectivity index (χ1n) is 4.56. The quantitative estimate of drug-likeness (QED) is 0.753. The number of halogens is 1. The Morgan fingerprint density at radius 3 is 2.81 bits per heavy atom. The summed E-state index contributed by atoms with van der Waals surface area (Å²) in [4.78, 5) is 10.4. The summed E-state index contributed by atoms with van der Waals surface area (Å²) in [6.45, 7) is 0. The lowest BCUT2D eigenvalue weighted by molar-refractivity contribution is -0.117. The summed E-state index contributed by atoms with van der Waals surface area (Å²) in [7, 11) is 0. The van der Waals surface area contributed by atoms with Crippen LogP contribution in [0.4, 0.5) is 4.39 Å². The Hall–Kier alpha value is -2.33. The number of carbonyl (C=O) groups is 1. The van der Waals surface area contributed by atoms with Crippen LogP contribution in [0.2, 0.25) is 0 Å². The number of rotatable bonds is 2. The molecule has 0 bridgehead atoms. The maximum absolute atomic E-state index is 13.3. The van der Waals surface area contributed by atoms with E-state index in [1.165, 1.54) is 12.1 Å². The highest BCUT2D eigenvalue weighted by molar-refractivity contribution is 5.76. The highest BCUT2D eigenvalue weighted by Gasteiger charge is 2.01. The van der Waals surface area contributed by atoms with E-state index in [-0.39, 0.29) is 12.8 Å². The molecule has 0 saturated heterocycles. The van der Waals surface area contributed by atoms with Crippen LogP contribution in [0, 0.1) is 29.0 Å². The van der Waals surface area contributed by atoms with Gasteiger partial charge in [-0.05, 0) is 12.1 Å². The van der Waals surface area contributed by atoms with Crippen molar-refractivity contribution in [2.45, 2.75) is 12.8 Å². The molecule has 1 amide bonds. The lowest BCUT2D eigenvalue weighted by Gasteiger charge is -1.97. The molecule has 0 fully saturated rings. The van der Waals surface area contributed by atoms with Crippen LogP contribution in [0.3, 0.4) is 0 Å². The van der Waals surface area contributed by atoms with Crippen LogP contribution in [0.25, 0.3) is 0 Å². The third kappa shape index (κ3) is 3.43. The van der Waals surface area contributed by atoms with Crippen LogP contribution in [0.5, 0.6) is 0 Å². The second-order valence-electron chi connectivity index (χ2n) is 3.09. The van der Waals surface area contributed by atoms with E-state index in [1.807, 2.05) is 6.07 Å². The van der Waals surface area contributed by atoms with E-state index in [1.54, 1.807) is 6.07 Å². The zero-order chi connectivity index (χ0) is 12.0. The van der Waals surface area contributed by atoms with Crippen molar-refractivity contribution in [1.29, 1.82) is 5.26 Å². The lowest BCUT2D eigenvalue weighted by Crippen LogP contribution is -2.08. The minimum atomic E-state index is -0.519. The van der Waals surface area contributed by atoms with Crippen LogP contribution >= 0.6 is 0 Å². The Kier molecular flexibility index (Phi) is 4.06. The van der Waals surface area contributed by atoms with Gasteiger partial charge >= 0.3 is 0 Å². The van der Waals surface area contributed by atoms with Gasteiger partial charge in [-0.25, -0.2) is 4.39 Å². The number of hydrogen-bond donors (Lipinski definition) is 1. The van der Waals surface area contributed by atoms with E-state index in [4.69, 9.17) is 11.0 Å². The van der Waals surface area contributed by atoms with Gasteiger partial charge in [0, 0.05) is 11.1 Å². The molecule has 0 atom stereocenters. The average molecular weight is 216 g/mol. The van der Waals surface area contributed by atoms with E-state index in [0.717, 1.165) is 0 Å². The van der Waals surface area contributed by atoms with Crippen LogP contribution in [0.15, 0.2) is 18.2 Å². The molecule has 2 N–H and O–H groups in total. The van der Waals surface area contributed by atoms with Gasteiger partial charge in [-0.3, -0.25) is 4.79 Å². The summed E-state index contributed by atoms with van der Waals surface area (Å²) in [5.74, 6) is 4.15. The fraction of sp³-hybridized carbons (Fsp3) is 0.167. The zero-order valence-electron chi connectivity index (χ0n) is 8.46. The summed E-state index contributed by atoms with van der Waals surface area (Å²) >= 11 is 0. The Balaban J connectivity index is 2.84. The molecule has 1 aromatic carbocycles. The largest absolute Gasteiger partial charge is 0.369 e. The van der Waals surface area contributed by atoms with Gasteiger partial charge in [-0.2, -0.15) is 5.26 Å². The van der Waals surface area contributed by atoms with Crippen molar-refractivity contribution in [3.8, 4) is 17.9 Å². The molecule has 0 spiro atoms. The Morgan fingerprint density at radius 2 is 2.25 bits per heavy atom. The smallest absolute Gasteiger partial charge is 0.229 e. The molecule has 0 radical (unpaired) electrons. The van der Waals surface area contributed by atoms with Crippen molar-refractivity contribution >= 4 is 5.91 Å². The van der Waals surface area contributed by atoms with Gasteiger partial charge in [0.2, 0.25) is 5.91 Å². The Labute approximate surface area is 92.7 Å². The third-order valence-corrected chi connectivity index (χ3v) is 1.82. The normalized spacial score (nSPS) is 8.75. The predicted molar refractivity (Wildman–Crippen MR) is 56.4 cm³/mol. The summed E-state index contributed by atoms with van der Waals surface area (Å²) in [6, 6.07) is 6.21. The molecule has 0 aliphatic heterocycles. The molecule has 1 rings (SSSR count). The second-order valence-corrected chi connectivity index (χ2v) is 3.09. The molecule has 1 aromatic rings. The first-order chi connectivity index (χ1) is 7.63. The minimum Gasteiger partial charge on any atom is -0.369 e. The Bertz CT molecular complexity index is 506. The molecule has 0 unspecified atom stereocenters. The first-order valence-corrected chi connectivity index (χ1v) is 4.56. The average Bonchev–Trinajstić information content (AvgIpc) is 2.21. The van der Waals surface area contributed by atoms with Crippen LogP contribution in [0.1, 0.15) is 17.5 Å². The molecule has 3 nitrogen and oxygen atoms in total. The van der Waals surface area contributed by atoms with Crippen molar-refractivity contribution in [3.63, 3.8) is 0 Å². The number of nitriles is 1. The maximum atomic E-state index is 13.3. The summed E-state index contributed by atoms with van der Waals surface area (Å²) in [6.07, 6.45) is -0.0254. The summed E-state index contributed by atoms with van der Waals surface area (Å²) < 4.78 is 13.3. The van der Waals surface area contributed by atoms with Crippen molar-refractivity contribution in [3.05, 3.63) is 35.1 Å². The highest BCUT2D eigenvalue weighted by atomic mass is 19.1. The Morgan fingerprint density at radius 1 is 1.50 bits per heavy atom. The van der Waals surface area contributed by atoms with Crippen molar-refractivity contribution in [1.82, 2.24) is 0 Å². The van der Waals surface area contributed by atoms with Gasteiger partial charge in [-0.15, -0.1) is 0 Å². The number of nitrogens with two attached hydrogens (primary N) is 1. The topological polar surface area (TPSA) is 66.9 Å². The highest BCUT2D eigenvalue weighted by Crippen LogP contribution is 2.10. The molecule has 16 heavy (non-hydrogen) atoms. The van der Waals surface area contributed by atoms with Crippen LogP contribution < -0.4 is 5.73 Å². The third-order valence-electron chi connectivity index (χ3n) is 1.82. The number of nitrogens with zero attached hydrogens (tertiary/aromatic N) is 1. The van der Waals surface area contributed by atoms with E-state index in [2.05, 4.69) is 11.8 Å². The molecular formula is C12H9FN2O. The second kappa shape index (κ2) is 5.53. The van der Waals surface area contributed by atoms with Gasteiger partial charge in [0.1, 0.15) is 5.82 Å². The minimum absolute atomic E-state index is 0.0286. The number of amides is 1. The summed E-state index contributed by atoms with van der Waals surface area (Å²) in [5.41, 5.74) is 5.69. The standard InChI is InChI=1S/C12H9FN2O/c13-11-8-9(2-1-3-12(15)16)4-5-10(11)6-7-14/h4-5,8H,3,6H2,(H2,15,16). The van der Waals surface area contributed by atoms with E-state index >= 15 is 0 Å². The van der Waals surface area contributed by atoms with Gasteiger partial charge in [0.25, 0.3) is 0 Å². The van der Waals surface area contributed by atoms with Crippen LogP contribution in [-0.4, -0.2) is 5.91 Å². The molecule has 0 heterocycles. The molecule has 4 heteroatoms. The van der Waals surface area contributed by atoms with Crippen molar-refractivity contribution < 1.29 is 9.18 Å². The number of hydrogen-bond acceptors (Lipinski definition) is 2. The predicted octanol–water partition coefficient (Wildman–Crippen LogP) is 1.12. The van der Waals surface area contributed by atoms with Gasteiger partial charge in [-0.1, -0.05) is 17.9 Å². The van der Waals surface area contributed by atoms with Crippen molar-refractivity contribution in [2.75, 3.05) is 0 Å². The fourth-order valence-electron chi connectivity index (χ4n) is 1.09. The van der Waals surface area contributed by atoms with Gasteiger partial charge in [0.05, 0.1) is 18.9 Å². The van der Waals surface area contributed by atoms with E-state index < -0.39 is 11.7 Å². The fourth-order valence-corrected chi connectivity index (χ4v) is 1.09. The molecular weight excluding hydrogens is 207 g/mol. The molecule has 0 aliphatic rings. The van der Waals surface area contributed by atoms with Crippen LogP contribution in [-0.2, 0) is 11.2 Å². The first kappa shape index (κ1) is 11.7. The maximum Gasteiger partial charge on any atom is 0.229 e. The molecule has 0 saturated carbocycles. The van der Waals surface area contributed by atoms with E-state index in [0.29, 0.717) is 11.1 Å². The van der Waals surface area contributed by atoms with Gasteiger partial charge < -0.3 is 5.73 Å². The number of carbonyl (C=O) groups excluding carboxylic acids is 1. The molecule has 80 valence electrons. The monoisotopic (exact) mass is 216 g/mol. The van der Waals surface area contributed by atoms with Gasteiger partial charge in [0.15, 0.2) is 0 Å². The lowest BCUT2D eigenvalue weighted by atomic mass is 10.1. The molecule has 0 aliphatic carbocycles. The zero-order valence-corrected chi connectivity index (χ0v) is 8.46. The van der Waals surface area contributed by atoms with E-state index in [9.17, 15) is 9.18 Å². The number of benzene rings is 1.